The van der Waals surface area contributed by atoms with Crippen molar-refractivity contribution in [1.82, 2.24) is 20.2 Å². The molecule has 1 aliphatic carbocycles. The number of hydrogen-bond donors (Lipinski definition) is 4. The molecule has 2 aromatic heterocycles. The number of fused-ring (bicyclic) bond motifs is 2. The lowest BCUT2D eigenvalue weighted by molar-refractivity contribution is -0.116. The van der Waals surface area contributed by atoms with Crippen molar-refractivity contribution in [3.05, 3.63) is 57.3 Å². The molecule has 0 saturated carbocycles. The number of anilines is 1. The molecule has 24 heavy (non-hydrogen) atoms. The van der Waals surface area contributed by atoms with Gasteiger partial charge in [-0.15, -0.1) is 0 Å². The number of Topliss-reactive ketones (excluding diaryl/α,β-unsaturated/α-hetero) is 1. The van der Waals surface area contributed by atoms with Crippen LogP contribution in [0.1, 0.15) is 36.6 Å². The number of allylic oxidation sites excluding steroid dienone is 2. The third-order valence-electron chi connectivity index (χ3n) is 4.81. The van der Waals surface area contributed by atoms with E-state index in [9.17, 15) is 9.59 Å². The topological polar surface area (TPSA) is 106 Å². The first-order valence-corrected chi connectivity index (χ1v) is 8.01. The second-order valence-electron chi connectivity index (χ2n) is 6.23. The van der Waals surface area contributed by atoms with E-state index in [2.05, 4.69) is 25.5 Å². The summed E-state index contributed by atoms with van der Waals surface area (Å²) in [5.41, 5.74) is 3.56. The van der Waals surface area contributed by atoms with Crippen LogP contribution in [0, 0.1) is 0 Å². The number of aromatic amines is 3. The van der Waals surface area contributed by atoms with Gasteiger partial charge in [0.2, 0.25) is 0 Å². The maximum atomic E-state index is 12.6. The Balaban J connectivity index is 1.79. The average Bonchev–Trinajstić information content (AvgIpc) is 3.17. The van der Waals surface area contributed by atoms with E-state index in [4.69, 9.17) is 0 Å². The monoisotopic (exact) mass is 321 g/mol. The van der Waals surface area contributed by atoms with E-state index in [-0.39, 0.29) is 11.3 Å². The van der Waals surface area contributed by atoms with Crippen LogP contribution in [-0.2, 0) is 4.79 Å². The van der Waals surface area contributed by atoms with Crippen LogP contribution in [0.2, 0.25) is 0 Å². The number of ketones is 1. The van der Waals surface area contributed by atoms with E-state index in [1.807, 2.05) is 24.3 Å². The fraction of sp³-hybridized carbons (Fsp3) is 0.235. The number of carbonyl (C=O) groups is 1. The Labute approximate surface area is 136 Å². The van der Waals surface area contributed by atoms with Gasteiger partial charge in [-0.25, -0.2) is 4.98 Å². The second-order valence-corrected chi connectivity index (χ2v) is 6.23. The van der Waals surface area contributed by atoms with Crippen LogP contribution in [0.25, 0.3) is 11.0 Å². The summed E-state index contributed by atoms with van der Waals surface area (Å²) < 4.78 is 0. The molecule has 0 amide bonds. The first-order valence-electron chi connectivity index (χ1n) is 8.01. The van der Waals surface area contributed by atoms with E-state index >= 15 is 0 Å². The van der Waals surface area contributed by atoms with E-state index in [0.29, 0.717) is 29.2 Å². The molecule has 7 heteroatoms. The Hall–Kier alpha value is -3.09. The normalized spacial score (nSPS) is 20.0. The van der Waals surface area contributed by atoms with Crippen molar-refractivity contribution in [2.24, 2.45) is 0 Å². The molecule has 1 unspecified atom stereocenters. The zero-order valence-electron chi connectivity index (χ0n) is 12.8. The van der Waals surface area contributed by atoms with Crippen molar-refractivity contribution < 1.29 is 4.79 Å². The number of nitrogens with zero attached hydrogens (tertiary/aromatic N) is 1. The number of rotatable bonds is 1. The van der Waals surface area contributed by atoms with E-state index in [1.54, 1.807) is 0 Å². The van der Waals surface area contributed by atoms with Gasteiger partial charge in [-0.1, -0.05) is 12.1 Å². The van der Waals surface area contributed by atoms with Crippen LogP contribution in [0.4, 0.5) is 5.82 Å². The molecule has 0 bridgehead atoms. The zero-order chi connectivity index (χ0) is 16.3. The molecule has 3 aromatic rings. The van der Waals surface area contributed by atoms with Crippen LogP contribution < -0.4 is 10.9 Å². The number of benzene rings is 1. The van der Waals surface area contributed by atoms with Gasteiger partial charge < -0.3 is 10.3 Å². The van der Waals surface area contributed by atoms with Crippen LogP contribution in [-0.4, -0.2) is 25.9 Å². The van der Waals surface area contributed by atoms with Crippen molar-refractivity contribution in [2.75, 3.05) is 5.32 Å². The molecular formula is C17H15N5O2. The molecule has 7 nitrogen and oxygen atoms in total. The molecule has 0 radical (unpaired) electrons. The Morgan fingerprint density at radius 1 is 1.08 bits per heavy atom. The maximum absolute atomic E-state index is 12.6. The van der Waals surface area contributed by atoms with Gasteiger partial charge in [0, 0.05) is 17.7 Å². The maximum Gasteiger partial charge on any atom is 0.270 e. The lowest BCUT2D eigenvalue weighted by Gasteiger charge is -2.29. The quantitative estimate of drug-likeness (QED) is 0.551. The number of H-pyrrole nitrogens is 3. The van der Waals surface area contributed by atoms with Gasteiger partial charge in [-0.2, -0.15) is 0 Å². The minimum atomic E-state index is -0.466. The number of nitrogens with one attached hydrogen (secondary N) is 4. The molecule has 3 heterocycles. The molecule has 2 aliphatic rings. The number of carbonyl (C=O) groups excluding carboxylic acids is 1. The fourth-order valence-electron chi connectivity index (χ4n) is 3.75. The first-order chi connectivity index (χ1) is 11.7. The SMILES string of the molecule is O=C1CCCC2=C1C(c1nc3ccccc3[nH]1)c1c([nH][nH]c1=O)N2. The van der Waals surface area contributed by atoms with E-state index in [1.165, 1.54) is 0 Å². The molecule has 120 valence electrons. The number of para-hydroxylation sites is 2. The molecule has 4 N–H and O–H groups in total. The summed E-state index contributed by atoms with van der Waals surface area (Å²) in [6, 6.07) is 7.70. The fourth-order valence-corrected chi connectivity index (χ4v) is 3.75. The van der Waals surface area contributed by atoms with Crippen molar-refractivity contribution >= 4 is 22.6 Å². The van der Waals surface area contributed by atoms with Gasteiger partial charge in [0.05, 0.1) is 22.5 Å². The van der Waals surface area contributed by atoms with Crippen LogP contribution in [0.3, 0.4) is 0 Å². The highest BCUT2D eigenvalue weighted by atomic mass is 16.1. The molecule has 0 fully saturated rings. The van der Waals surface area contributed by atoms with Gasteiger partial charge in [0.15, 0.2) is 5.78 Å². The standard InChI is InChI=1S/C17H15N5O2/c23-11-7-3-6-10-12(11)13(14-16(20-10)21-22-17(14)24)15-18-8-4-1-2-5-9(8)19-15/h1-2,4-5,13H,3,6-7H2,(H,18,19)(H3,20,21,22,24). The summed E-state index contributed by atoms with van der Waals surface area (Å²) >= 11 is 0. The number of imidazole rings is 1. The highest BCUT2D eigenvalue weighted by Crippen LogP contribution is 2.42. The molecular weight excluding hydrogens is 306 g/mol. The van der Waals surface area contributed by atoms with Crippen molar-refractivity contribution in [3.8, 4) is 0 Å². The molecule has 1 atom stereocenters. The Bertz CT molecular complexity index is 1040. The van der Waals surface area contributed by atoms with Gasteiger partial charge >= 0.3 is 0 Å². The number of hydrogen-bond acceptors (Lipinski definition) is 4. The molecule has 5 rings (SSSR count). The Morgan fingerprint density at radius 2 is 1.96 bits per heavy atom. The third kappa shape index (κ3) is 1.75. The number of aromatic nitrogens is 4. The predicted molar refractivity (Wildman–Crippen MR) is 88.9 cm³/mol. The lowest BCUT2D eigenvalue weighted by Crippen LogP contribution is -2.29. The summed E-state index contributed by atoms with van der Waals surface area (Å²) in [5.74, 6) is 0.873. The summed E-state index contributed by atoms with van der Waals surface area (Å²) in [7, 11) is 0. The highest BCUT2D eigenvalue weighted by molar-refractivity contribution is 6.00. The van der Waals surface area contributed by atoms with Gasteiger partial charge in [0.1, 0.15) is 11.6 Å². The van der Waals surface area contributed by atoms with Crippen molar-refractivity contribution in [1.29, 1.82) is 0 Å². The second kappa shape index (κ2) is 4.70. The smallest absolute Gasteiger partial charge is 0.270 e. The Kier molecular flexibility index (Phi) is 2.62. The van der Waals surface area contributed by atoms with Gasteiger partial charge in [-0.05, 0) is 25.0 Å². The first kappa shape index (κ1) is 13.4. The van der Waals surface area contributed by atoms with Crippen molar-refractivity contribution in [3.63, 3.8) is 0 Å². The van der Waals surface area contributed by atoms with E-state index in [0.717, 1.165) is 29.6 Å². The summed E-state index contributed by atoms with van der Waals surface area (Å²) in [6.45, 7) is 0. The van der Waals surface area contributed by atoms with Crippen LogP contribution >= 0.6 is 0 Å². The minimum absolute atomic E-state index is 0.0838. The largest absolute Gasteiger partial charge is 0.343 e. The predicted octanol–water partition coefficient (Wildman–Crippen LogP) is 2.14. The van der Waals surface area contributed by atoms with Crippen LogP contribution in [0.15, 0.2) is 40.3 Å². The summed E-state index contributed by atoms with van der Waals surface area (Å²) in [5, 5.41) is 8.70. The van der Waals surface area contributed by atoms with E-state index < -0.39 is 5.92 Å². The zero-order valence-corrected chi connectivity index (χ0v) is 12.8. The minimum Gasteiger partial charge on any atom is -0.343 e. The molecule has 0 spiro atoms. The summed E-state index contributed by atoms with van der Waals surface area (Å²) in [4.78, 5) is 32.9. The molecule has 1 aromatic carbocycles. The molecule has 1 aliphatic heterocycles. The van der Waals surface area contributed by atoms with Gasteiger partial charge in [0.25, 0.3) is 5.56 Å². The lowest BCUT2D eigenvalue weighted by atomic mass is 9.80. The highest BCUT2D eigenvalue weighted by Gasteiger charge is 2.39. The van der Waals surface area contributed by atoms with Gasteiger partial charge in [-0.3, -0.25) is 19.8 Å². The third-order valence-corrected chi connectivity index (χ3v) is 4.81. The summed E-state index contributed by atoms with van der Waals surface area (Å²) in [6.07, 6.45) is 2.13. The Morgan fingerprint density at radius 3 is 2.83 bits per heavy atom. The van der Waals surface area contributed by atoms with Crippen LogP contribution in [0.5, 0.6) is 0 Å². The van der Waals surface area contributed by atoms with Crippen molar-refractivity contribution in [2.45, 2.75) is 25.2 Å². The molecule has 0 saturated heterocycles. The average molecular weight is 321 g/mol.